The van der Waals surface area contributed by atoms with Crippen LogP contribution in [0.2, 0.25) is 0 Å². The minimum absolute atomic E-state index is 0. The molecule has 0 aliphatic rings. The number of nitrogens with one attached hydrogen (secondary N) is 1. The van der Waals surface area contributed by atoms with Gasteiger partial charge in [0.2, 0.25) is 5.91 Å². The zero-order valence-electron chi connectivity index (χ0n) is 13.5. The standard InChI is InChI=1S/C16H23F3N2O.ClH/c1-4-15(5-2,10-20)14(22)21-11(3)12-6-8-13(9-7-12)16(17,18)19;/h6-9,11H,4-5,10,20H2,1-3H3,(H,21,22);1H. The van der Waals surface area contributed by atoms with Crippen LogP contribution in [0.4, 0.5) is 13.2 Å². The number of carbonyl (C=O) groups excluding carboxylic acids is 1. The molecule has 3 nitrogen and oxygen atoms in total. The molecule has 1 aromatic rings. The van der Waals surface area contributed by atoms with Gasteiger partial charge >= 0.3 is 6.18 Å². The number of rotatable bonds is 6. The van der Waals surface area contributed by atoms with Crippen LogP contribution < -0.4 is 11.1 Å². The van der Waals surface area contributed by atoms with Crippen molar-refractivity contribution in [3.8, 4) is 0 Å². The number of benzene rings is 1. The lowest BCUT2D eigenvalue weighted by Crippen LogP contribution is -2.46. The molecule has 1 amide bonds. The molecule has 7 heteroatoms. The van der Waals surface area contributed by atoms with Crippen LogP contribution in [-0.4, -0.2) is 12.5 Å². The topological polar surface area (TPSA) is 55.1 Å². The Morgan fingerprint density at radius 3 is 2.00 bits per heavy atom. The van der Waals surface area contributed by atoms with E-state index in [-0.39, 0.29) is 30.9 Å². The number of halogens is 4. The molecule has 0 aliphatic heterocycles. The van der Waals surface area contributed by atoms with Crippen LogP contribution >= 0.6 is 12.4 Å². The van der Waals surface area contributed by atoms with Crippen molar-refractivity contribution in [2.45, 2.75) is 45.8 Å². The fourth-order valence-electron chi connectivity index (χ4n) is 2.35. The Balaban J connectivity index is 0.00000484. The lowest BCUT2D eigenvalue weighted by Gasteiger charge is -2.30. The molecule has 0 heterocycles. The molecule has 0 saturated carbocycles. The number of hydrogen-bond acceptors (Lipinski definition) is 2. The monoisotopic (exact) mass is 352 g/mol. The van der Waals surface area contributed by atoms with E-state index in [9.17, 15) is 18.0 Å². The van der Waals surface area contributed by atoms with E-state index in [1.807, 2.05) is 13.8 Å². The molecule has 1 aromatic carbocycles. The Morgan fingerprint density at radius 2 is 1.65 bits per heavy atom. The number of nitrogens with two attached hydrogens (primary N) is 1. The van der Waals surface area contributed by atoms with Crippen molar-refractivity contribution in [3.05, 3.63) is 35.4 Å². The summed E-state index contributed by atoms with van der Waals surface area (Å²) in [5.41, 5.74) is 5.02. The van der Waals surface area contributed by atoms with E-state index in [1.54, 1.807) is 6.92 Å². The van der Waals surface area contributed by atoms with Crippen molar-refractivity contribution in [2.24, 2.45) is 11.1 Å². The normalized spacial score (nSPS) is 13.2. The molecule has 0 bridgehead atoms. The average Bonchev–Trinajstić information content (AvgIpc) is 2.49. The Hall–Kier alpha value is -1.27. The Kier molecular flexibility index (Phi) is 8.07. The zero-order chi connectivity index (χ0) is 17.0. The van der Waals surface area contributed by atoms with Crippen molar-refractivity contribution < 1.29 is 18.0 Å². The highest BCUT2D eigenvalue weighted by Crippen LogP contribution is 2.30. The summed E-state index contributed by atoms with van der Waals surface area (Å²) in [5.74, 6) is -0.160. The zero-order valence-corrected chi connectivity index (χ0v) is 14.4. The summed E-state index contributed by atoms with van der Waals surface area (Å²) in [6.07, 6.45) is -3.12. The van der Waals surface area contributed by atoms with Crippen LogP contribution in [0.1, 0.15) is 50.8 Å². The largest absolute Gasteiger partial charge is 0.416 e. The molecule has 3 N–H and O–H groups in total. The van der Waals surface area contributed by atoms with Gasteiger partial charge in [0, 0.05) is 6.54 Å². The highest BCUT2D eigenvalue weighted by atomic mass is 35.5. The van der Waals surface area contributed by atoms with Gasteiger partial charge in [-0.15, -0.1) is 12.4 Å². The molecular formula is C16H24ClF3N2O. The molecule has 0 saturated heterocycles. The van der Waals surface area contributed by atoms with E-state index < -0.39 is 17.2 Å². The quantitative estimate of drug-likeness (QED) is 0.810. The summed E-state index contributed by atoms with van der Waals surface area (Å²) in [6, 6.07) is 4.44. The van der Waals surface area contributed by atoms with Crippen molar-refractivity contribution in [2.75, 3.05) is 6.54 Å². The molecule has 1 unspecified atom stereocenters. The van der Waals surface area contributed by atoms with Crippen molar-refractivity contribution in [3.63, 3.8) is 0 Å². The van der Waals surface area contributed by atoms with Crippen LogP contribution in [0.15, 0.2) is 24.3 Å². The molecular weight excluding hydrogens is 329 g/mol. The van der Waals surface area contributed by atoms with Crippen LogP contribution in [0.25, 0.3) is 0 Å². The number of alkyl halides is 3. The average molecular weight is 353 g/mol. The van der Waals surface area contributed by atoms with Crippen molar-refractivity contribution >= 4 is 18.3 Å². The Morgan fingerprint density at radius 1 is 1.17 bits per heavy atom. The second-order valence-corrected chi connectivity index (χ2v) is 5.51. The van der Waals surface area contributed by atoms with Crippen LogP contribution in [0, 0.1) is 5.41 Å². The summed E-state index contributed by atoms with van der Waals surface area (Å²) >= 11 is 0. The summed E-state index contributed by atoms with van der Waals surface area (Å²) in [7, 11) is 0. The third-order valence-electron chi connectivity index (χ3n) is 4.31. The van der Waals surface area contributed by atoms with Gasteiger partial charge in [0.15, 0.2) is 0 Å². The lowest BCUT2D eigenvalue weighted by atomic mass is 9.81. The first-order chi connectivity index (χ1) is 10.2. The van der Waals surface area contributed by atoms with E-state index in [0.717, 1.165) is 12.1 Å². The number of carbonyl (C=O) groups is 1. The molecule has 0 aliphatic carbocycles. The number of hydrogen-bond donors (Lipinski definition) is 2. The third-order valence-corrected chi connectivity index (χ3v) is 4.31. The molecule has 0 spiro atoms. The lowest BCUT2D eigenvalue weighted by molar-refractivity contribution is -0.137. The van der Waals surface area contributed by atoms with E-state index >= 15 is 0 Å². The molecule has 23 heavy (non-hydrogen) atoms. The minimum atomic E-state index is -4.36. The first-order valence-electron chi connectivity index (χ1n) is 7.38. The first kappa shape index (κ1) is 21.7. The van der Waals surface area contributed by atoms with Gasteiger partial charge in [-0.3, -0.25) is 4.79 Å². The second kappa shape index (κ2) is 8.55. The maximum Gasteiger partial charge on any atom is 0.416 e. The van der Waals surface area contributed by atoms with Crippen molar-refractivity contribution in [1.29, 1.82) is 0 Å². The van der Waals surface area contributed by atoms with Gasteiger partial charge in [-0.05, 0) is 37.5 Å². The molecule has 132 valence electrons. The highest BCUT2D eigenvalue weighted by Gasteiger charge is 2.34. The summed E-state index contributed by atoms with van der Waals surface area (Å²) < 4.78 is 37.6. The van der Waals surface area contributed by atoms with E-state index in [1.165, 1.54) is 12.1 Å². The van der Waals surface area contributed by atoms with Crippen molar-refractivity contribution in [1.82, 2.24) is 5.32 Å². The predicted molar refractivity (Wildman–Crippen MR) is 87.3 cm³/mol. The molecule has 1 atom stereocenters. The second-order valence-electron chi connectivity index (χ2n) is 5.51. The highest BCUT2D eigenvalue weighted by molar-refractivity contribution is 5.85. The molecule has 1 rings (SSSR count). The van der Waals surface area contributed by atoms with Crippen LogP contribution in [0.3, 0.4) is 0 Å². The van der Waals surface area contributed by atoms with Gasteiger partial charge in [0.25, 0.3) is 0 Å². The van der Waals surface area contributed by atoms with Gasteiger partial charge in [-0.25, -0.2) is 0 Å². The smallest absolute Gasteiger partial charge is 0.349 e. The first-order valence-corrected chi connectivity index (χ1v) is 7.38. The van der Waals surface area contributed by atoms with Gasteiger partial charge in [-0.2, -0.15) is 13.2 Å². The van der Waals surface area contributed by atoms with E-state index in [0.29, 0.717) is 18.4 Å². The fourth-order valence-corrected chi connectivity index (χ4v) is 2.35. The molecule has 0 radical (unpaired) electrons. The third kappa shape index (κ3) is 5.11. The molecule has 0 fully saturated rings. The predicted octanol–water partition coefficient (Wildman–Crippen LogP) is 4.07. The Labute approximate surface area is 141 Å². The SMILES string of the molecule is CCC(CC)(CN)C(=O)NC(C)c1ccc(C(F)(F)F)cc1.Cl. The maximum atomic E-state index is 12.5. The van der Waals surface area contributed by atoms with Gasteiger partial charge in [0.05, 0.1) is 17.0 Å². The molecule has 0 aromatic heterocycles. The Bertz CT molecular complexity index is 491. The summed E-state index contributed by atoms with van der Waals surface area (Å²) in [4.78, 5) is 12.4. The number of amides is 1. The summed E-state index contributed by atoms with van der Waals surface area (Å²) in [5, 5.41) is 2.85. The van der Waals surface area contributed by atoms with Crippen LogP contribution in [-0.2, 0) is 11.0 Å². The van der Waals surface area contributed by atoms with E-state index in [2.05, 4.69) is 5.32 Å². The van der Waals surface area contributed by atoms with Gasteiger partial charge < -0.3 is 11.1 Å². The van der Waals surface area contributed by atoms with E-state index in [4.69, 9.17) is 5.73 Å². The minimum Gasteiger partial charge on any atom is -0.349 e. The van der Waals surface area contributed by atoms with Gasteiger partial charge in [-0.1, -0.05) is 26.0 Å². The fraction of sp³-hybridized carbons (Fsp3) is 0.562. The summed E-state index contributed by atoms with van der Waals surface area (Å²) in [6.45, 7) is 5.79. The maximum absolute atomic E-state index is 12.5. The van der Waals surface area contributed by atoms with Crippen LogP contribution in [0.5, 0.6) is 0 Å². The van der Waals surface area contributed by atoms with Gasteiger partial charge in [0.1, 0.15) is 0 Å².